The van der Waals surface area contributed by atoms with Crippen molar-refractivity contribution < 1.29 is 14.3 Å². The van der Waals surface area contributed by atoms with Gasteiger partial charge in [0.2, 0.25) is 0 Å². The minimum absolute atomic E-state index is 0.0301. The Morgan fingerprint density at radius 2 is 1.44 bits per heavy atom. The minimum atomic E-state index is -0.660. The van der Waals surface area contributed by atoms with E-state index in [1.807, 2.05) is 6.92 Å². The van der Waals surface area contributed by atoms with E-state index in [0.717, 1.165) is 51.5 Å². The maximum atomic E-state index is 13.0. The fourth-order valence-corrected chi connectivity index (χ4v) is 3.38. The second-order valence-corrected chi connectivity index (χ2v) is 7.80. The first kappa shape index (κ1) is 26.1. The predicted molar refractivity (Wildman–Crippen MR) is 114 cm³/mol. The lowest BCUT2D eigenvalue weighted by Crippen LogP contribution is -2.40. The minimum Gasteiger partial charge on any atom is -0.465 e. The molecule has 0 bridgehead atoms. The molecule has 0 aromatic heterocycles. The van der Waals surface area contributed by atoms with E-state index in [1.54, 1.807) is 0 Å². The third-order valence-electron chi connectivity index (χ3n) is 5.50. The van der Waals surface area contributed by atoms with Crippen molar-refractivity contribution in [3.63, 3.8) is 0 Å². The zero-order valence-electron chi connectivity index (χ0n) is 18.6. The lowest BCUT2D eigenvalue weighted by molar-refractivity contribution is -0.153. The number of carbonyl (C=O) groups is 2. The smallest absolute Gasteiger partial charge is 0.317 e. The lowest BCUT2D eigenvalue weighted by atomic mass is 9.87. The molecule has 27 heavy (non-hydrogen) atoms. The number of unbranched alkanes of at least 4 members (excludes halogenated alkanes) is 3. The van der Waals surface area contributed by atoms with Gasteiger partial charge in [-0.25, -0.2) is 0 Å². The van der Waals surface area contributed by atoms with Gasteiger partial charge in [0.15, 0.2) is 5.78 Å². The van der Waals surface area contributed by atoms with Gasteiger partial charge in [-0.1, -0.05) is 73.1 Å². The Labute approximate surface area is 168 Å². The van der Waals surface area contributed by atoms with E-state index in [0.29, 0.717) is 19.1 Å². The molecule has 0 aliphatic carbocycles. The second-order valence-electron chi connectivity index (χ2n) is 7.80. The van der Waals surface area contributed by atoms with Gasteiger partial charge in [0.1, 0.15) is 5.92 Å². The van der Waals surface area contributed by atoms with Crippen LogP contribution in [0.4, 0.5) is 0 Å². The molecule has 0 fully saturated rings. The van der Waals surface area contributed by atoms with E-state index in [4.69, 9.17) is 4.74 Å². The van der Waals surface area contributed by atoms with Crippen molar-refractivity contribution in [2.45, 2.75) is 98.8 Å². The molecule has 3 atom stereocenters. The van der Waals surface area contributed by atoms with E-state index in [2.05, 4.69) is 33.0 Å². The summed E-state index contributed by atoms with van der Waals surface area (Å²) in [5.74, 6) is -0.345. The maximum absolute atomic E-state index is 13.0. The Kier molecular flexibility index (Phi) is 16.6. The van der Waals surface area contributed by atoms with Gasteiger partial charge in [-0.05, 0) is 38.1 Å². The van der Waals surface area contributed by atoms with Gasteiger partial charge in [0.25, 0.3) is 0 Å². The van der Waals surface area contributed by atoms with Gasteiger partial charge >= 0.3 is 5.97 Å². The highest BCUT2D eigenvalue weighted by Gasteiger charge is 2.32. The SMILES string of the molecule is CCCCOC(=O)C(CNCC(CC)CCCC)C(=O)C(CC)CCCC. The fourth-order valence-electron chi connectivity index (χ4n) is 3.38. The molecule has 0 saturated heterocycles. The number of rotatable bonds is 18. The summed E-state index contributed by atoms with van der Waals surface area (Å²) in [4.78, 5) is 25.6. The number of nitrogens with one attached hydrogen (secondary N) is 1. The standard InChI is InChI=1S/C23H45NO3/c1-6-11-14-19(9-4)17-24-18-21(23(26)27-16-13-8-3)22(25)20(10-5)15-12-7-2/h19-21,24H,6-18H2,1-5H3. The quantitative estimate of drug-likeness (QED) is 0.192. The number of ether oxygens (including phenoxy) is 1. The number of carbonyl (C=O) groups excluding carboxylic acids is 2. The molecule has 0 heterocycles. The highest BCUT2D eigenvalue weighted by Crippen LogP contribution is 2.20. The van der Waals surface area contributed by atoms with Crippen LogP contribution in [0.25, 0.3) is 0 Å². The average molecular weight is 384 g/mol. The Bertz CT molecular complexity index is 384. The molecule has 0 saturated carbocycles. The number of esters is 1. The number of ketones is 1. The number of hydrogen-bond acceptors (Lipinski definition) is 4. The summed E-state index contributed by atoms with van der Waals surface area (Å²) in [6.07, 6.45) is 10.4. The van der Waals surface area contributed by atoms with E-state index in [9.17, 15) is 9.59 Å². The molecule has 4 heteroatoms. The highest BCUT2D eigenvalue weighted by molar-refractivity contribution is 6.00. The molecule has 0 radical (unpaired) electrons. The predicted octanol–water partition coefficient (Wildman–Crippen LogP) is 5.54. The van der Waals surface area contributed by atoms with Crippen molar-refractivity contribution in [2.24, 2.45) is 17.8 Å². The van der Waals surface area contributed by atoms with E-state index < -0.39 is 5.92 Å². The summed E-state index contributed by atoms with van der Waals surface area (Å²) >= 11 is 0. The molecule has 0 spiro atoms. The molecule has 0 aromatic carbocycles. The van der Waals surface area contributed by atoms with Gasteiger partial charge in [-0.3, -0.25) is 9.59 Å². The molecule has 0 rings (SSSR count). The summed E-state index contributed by atoms with van der Waals surface area (Å²) in [6.45, 7) is 12.4. The van der Waals surface area contributed by atoms with Crippen molar-refractivity contribution in [3.8, 4) is 0 Å². The first-order valence-corrected chi connectivity index (χ1v) is 11.5. The maximum Gasteiger partial charge on any atom is 0.317 e. The molecule has 0 aliphatic heterocycles. The van der Waals surface area contributed by atoms with Crippen LogP contribution in [0, 0.1) is 17.8 Å². The molecular formula is C23H45NO3. The van der Waals surface area contributed by atoms with Gasteiger partial charge < -0.3 is 10.1 Å². The zero-order chi connectivity index (χ0) is 20.5. The van der Waals surface area contributed by atoms with E-state index >= 15 is 0 Å². The Balaban J connectivity index is 4.85. The van der Waals surface area contributed by atoms with Crippen molar-refractivity contribution in [3.05, 3.63) is 0 Å². The summed E-state index contributed by atoms with van der Waals surface area (Å²) in [7, 11) is 0. The van der Waals surface area contributed by atoms with Gasteiger partial charge in [0.05, 0.1) is 6.61 Å². The van der Waals surface area contributed by atoms with Crippen molar-refractivity contribution in [1.82, 2.24) is 5.32 Å². The molecule has 3 unspecified atom stereocenters. The molecule has 0 aromatic rings. The van der Waals surface area contributed by atoms with Crippen molar-refractivity contribution in [1.29, 1.82) is 0 Å². The normalized spacial score (nSPS) is 14.6. The van der Waals surface area contributed by atoms with Crippen LogP contribution in [0.5, 0.6) is 0 Å². The second kappa shape index (κ2) is 17.2. The first-order chi connectivity index (χ1) is 13.0. The average Bonchev–Trinajstić information content (AvgIpc) is 2.68. The van der Waals surface area contributed by atoms with Crippen LogP contribution in [-0.4, -0.2) is 31.4 Å². The fraction of sp³-hybridized carbons (Fsp3) is 0.913. The summed E-state index contributed by atoms with van der Waals surface area (Å²) < 4.78 is 5.41. The van der Waals surface area contributed by atoms with Crippen LogP contribution in [0.3, 0.4) is 0 Å². The summed E-state index contributed by atoms with van der Waals surface area (Å²) in [6, 6.07) is 0. The summed E-state index contributed by atoms with van der Waals surface area (Å²) in [5, 5.41) is 3.41. The topological polar surface area (TPSA) is 55.4 Å². The van der Waals surface area contributed by atoms with Gasteiger partial charge in [0, 0.05) is 12.5 Å². The number of Topliss-reactive ketones (excluding diaryl/α,β-unsaturated/α-hetero) is 1. The molecular weight excluding hydrogens is 338 g/mol. The van der Waals surface area contributed by atoms with Crippen LogP contribution < -0.4 is 5.32 Å². The lowest BCUT2D eigenvalue weighted by Gasteiger charge is -2.22. The highest BCUT2D eigenvalue weighted by atomic mass is 16.5. The molecule has 0 aliphatic rings. The van der Waals surface area contributed by atoms with Crippen LogP contribution in [-0.2, 0) is 14.3 Å². The molecule has 160 valence electrons. The van der Waals surface area contributed by atoms with Crippen molar-refractivity contribution >= 4 is 11.8 Å². The monoisotopic (exact) mass is 383 g/mol. The first-order valence-electron chi connectivity index (χ1n) is 11.5. The van der Waals surface area contributed by atoms with Crippen LogP contribution in [0.1, 0.15) is 98.8 Å². The van der Waals surface area contributed by atoms with Crippen LogP contribution in [0.15, 0.2) is 0 Å². The van der Waals surface area contributed by atoms with E-state index in [-0.39, 0.29) is 17.7 Å². The molecule has 4 nitrogen and oxygen atoms in total. The van der Waals surface area contributed by atoms with Crippen LogP contribution >= 0.6 is 0 Å². The third-order valence-corrected chi connectivity index (χ3v) is 5.50. The Morgan fingerprint density at radius 3 is 2.00 bits per heavy atom. The van der Waals surface area contributed by atoms with Crippen molar-refractivity contribution in [2.75, 3.05) is 19.7 Å². The Hall–Kier alpha value is -0.900. The van der Waals surface area contributed by atoms with Crippen LogP contribution in [0.2, 0.25) is 0 Å². The largest absolute Gasteiger partial charge is 0.465 e. The molecule has 0 amide bonds. The molecule has 1 N–H and O–H groups in total. The third kappa shape index (κ3) is 11.5. The zero-order valence-corrected chi connectivity index (χ0v) is 18.6. The van der Waals surface area contributed by atoms with Gasteiger partial charge in [-0.2, -0.15) is 0 Å². The Morgan fingerprint density at radius 1 is 0.815 bits per heavy atom. The van der Waals surface area contributed by atoms with E-state index in [1.165, 1.54) is 19.3 Å². The van der Waals surface area contributed by atoms with Gasteiger partial charge in [-0.15, -0.1) is 0 Å². The number of hydrogen-bond donors (Lipinski definition) is 1. The summed E-state index contributed by atoms with van der Waals surface area (Å²) in [5.41, 5.74) is 0.